The highest BCUT2D eigenvalue weighted by atomic mass is 15.4. The average Bonchev–Trinajstić information content (AvgIpc) is 2.78. The Labute approximate surface area is 108 Å². The third-order valence-corrected chi connectivity index (χ3v) is 3.10. The Hall–Kier alpha value is -1.68. The quantitative estimate of drug-likeness (QED) is 0.821. The molecule has 0 atom stereocenters. The fraction of sp³-hybridized carbons (Fsp3) is 0.429. The average molecular weight is 244 g/mol. The molecule has 0 bridgehead atoms. The lowest BCUT2D eigenvalue weighted by Crippen LogP contribution is -2.06. The summed E-state index contributed by atoms with van der Waals surface area (Å²) in [6.45, 7) is 5.83. The lowest BCUT2D eigenvalue weighted by molar-refractivity contribution is 0.549. The maximum absolute atomic E-state index is 5.51. The second-order valence-electron chi connectivity index (χ2n) is 4.66. The molecule has 2 aromatic rings. The summed E-state index contributed by atoms with van der Waals surface area (Å²) in [6.07, 6.45) is 3.89. The summed E-state index contributed by atoms with van der Waals surface area (Å²) in [5, 5.41) is 8.18. The lowest BCUT2D eigenvalue weighted by Gasteiger charge is -2.09. The number of unbranched alkanes of at least 4 members (excludes halogenated alkanes) is 1. The number of aryl methyl sites for hydroxylation is 3. The van der Waals surface area contributed by atoms with Crippen LogP contribution in [0.4, 0.5) is 0 Å². The second-order valence-corrected chi connectivity index (χ2v) is 4.66. The van der Waals surface area contributed by atoms with Crippen molar-refractivity contribution in [2.24, 2.45) is 5.73 Å². The van der Waals surface area contributed by atoms with Crippen molar-refractivity contribution in [1.82, 2.24) is 15.0 Å². The van der Waals surface area contributed by atoms with E-state index in [-0.39, 0.29) is 0 Å². The Bertz CT molecular complexity index is 516. The predicted molar refractivity (Wildman–Crippen MR) is 73.2 cm³/mol. The SMILES string of the molecule is Cc1ccc(-c2cnnn2CCCCN)c(C)c1. The van der Waals surface area contributed by atoms with Crippen LogP contribution < -0.4 is 5.73 Å². The topological polar surface area (TPSA) is 56.7 Å². The molecular formula is C14H20N4. The molecule has 2 N–H and O–H groups in total. The molecule has 0 saturated carbocycles. The molecule has 1 aromatic heterocycles. The fourth-order valence-electron chi connectivity index (χ4n) is 2.14. The van der Waals surface area contributed by atoms with Crippen molar-refractivity contribution in [2.75, 3.05) is 6.54 Å². The number of nitrogens with zero attached hydrogens (tertiary/aromatic N) is 3. The number of nitrogens with two attached hydrogens (primary N) is 1. The molecule has 0 radical (unpaired) electrons. The number of rotatable bonds is 5. The minimum Gasteiger partial charge on any atom is -0.330 e. The Morgan fingerprint density at radius 2 is 2.06 bits per heavy atom. The number of benzene rings is 1. The van der Waals surface area contributed by atoms with E-state index in [0.717, 1.165) is 31.6 Å². The predicted octanol–water partition coefficient (Wildman–Crippen LogP) is 2.30. The maximum atomic E-state index is 5.51. The van der Waals surface area contributed by atoms with Crippen LogP contribution in [0.2, 0.25) is 0 Å². The second kappa shape index (κ2) is 5.78. The van der Waals surface area contributed by atoms with Gasteiger partial charge in [-0.15, -0.1) is 5.10 Å². The summed E-state index contributed by atoms with van der Waals surface area (Å²) in [4.78, 5) is 0. The van der Waals surface area contributed by atoms with Crippen LogP contribution in [0.3, 0.4) is 0 Å². The van der Waals surface area contributed by atoms with Crippen LogP contribution in [0.1, 0.15) is 24.0 Å². The third-order valence-electron chi connectivity index (χ3n) is 3.10. The van der Waals surface area contributed by atoms with Gasteiger partial charge < -0.3 is 5.73 Å². The van der Waals surface area contributed by atoms with E-state index in [9.17, 15) is 0 Å². The van der Waals surface area contributed by atoms with E-state index < -0.39 is 0 Å². The van der Waals surface area contributed by atoms with Crippen LogP contribution >= 0.6 is 0 Å². The first kappa shape index (κ1) is 12.8. The van der Waals surface area contributed by atoms with E-state index in [1.807, 2.05) is 10.9 Å². The molecule has 0 spiro atoms. The number of hydrogen-bond acceptors (Lipinski definition) is 3. The van der Waals surface area contributed by atoms with Gasteiger partial charge in [0.15, 0.2) is 0 Å². The Morgan fingerprint density at radius 3 is 2.78 bits per heavy atom. The van der Waals surface area contributed by atoms with Gasteiger partial charge in [-0.1, -0.05) is 29.0 Å². The van der Waals surface area contributed by atoms with Gasteiger partial charge >= 0.3 is 0 Å². The first-order chi connectivity index (χ1) is 8.72. The molecule has 0 unspecified atom stereocenters. The molecule has 0 aliphatic heterocycles. The van der Waals surface area contributed by atoms with Crippen molar-refractivity contribution in [3.63, 3.8) is 0 Å². The van der Waals surface area contributed by atoms with Crippen molar-refractivity contribution in [3.05, 3.63) is 35.5 Å². The zero-order valence-corrected chi connectivity index (χ0v) is 11.1. The van der Waals surface area contributed by atoms with E-state index in [1.54, 1.807) is 0 Å². The van der Waals surface area contributed by atoms with Gasteiger partial charge in [-0.2, -0.15) is 0 Å². The molecule has 96 valence electrons. The van der Waals surface area contributed by atoms with Gasteiger partial charge in [0, 0.05) is 12.1 Å². The number of aromatic nitrogens is 3. The molecule has 4 heteroatoms. The van der Waals surface area contributed by atoms with E-state index in [2.05, 4.69) is 42.4 Å². The van der Waals surface area contributed by atoms with Gasteiger partial charge in [-0.05, 0) is 38.8 Å². The maximum Gasteiger partial charge on any atom is 0.0888 e. The number of hydrogen-bond donors (Lipinski definition) is 1. The molecule has 1 aromatic carbocycles. The van der Waals surface area contributed by atoms with Gasteiger partial charge in [0.1, 0.15) is 0 Å². The van der Waals surface area contributed by atoms with Gasteiger partial charge in [-0.3, -0.25) is 0 Å². The van der Waals surface area contributed by atoms with Crippen LogP contribution in [-0.2, 0) is 6.54 Å². The van der Waals surface area contributed by atoms with E-state index in [4.69, 9.17) is 5.73 Å². The minimum absolute atomic E-state index is 0.730. The third kappa shape index (κ3) is 2.76. The van der Waals surface area contributed by atoms with Crippen LogP contribution in [0.15, 0.2) is 24.4 Å². The van der Waals surface area contributed by atoms with Crippen LogP contribution in [0.25, 0.3) is 11.3 Å². The van der Waals surface area contributed by atoms with Crippen molar-refractivity contribution >= 4 is 0 Å². The van der Waals surface area contributed by atoms with Crippen molar-refractivity contribution in [3.8, 4) is 11.3 Å². The van der Waals surface area contributed by atoms with E-state index in [0.29, 0.717) is 0 Å². The summed E-state index contributed by atoms with van der Waals surface area (Å²) in [6, 6.07) is 6.45. The monoisotopic (exact) mass is 244 g/mol. The molecule has 18 heavy (non-hydrogen) atoms. The summed E-state index contributed by atoms with van der Waals surface area (Å²) in [5.74, 6) is 0. The molecule has 4 nitrogen and oxygen atoms in total. The van der Waals surface area contributed by atoms with E-state index >= 15 is 0 Å². The molecule has 0 amide bonds. The van der Waals surface area contributed by atoms with Crippen LogP contribution in [0.5, 0.6) is 0 Å². The van der Waals surface area contributed by atoms with Gasteiger partial charge in [0.2, 0.25) is 0 Å². The fourth-order valence-corrected chi connectivity index (χ4v) is 2.14. The lowest BCUT2D eigenvalue weighted by atomic mass is 10.0. The normalized spacial score (nSPS) is 10.8. The highest BCUT2D eigenvalue weighted by Crippen LogP contribution is 2.23. The van der Waals surface area contributed by atoms with Crippen molar-refractivity contribution < 1.29 is 0 Å². The summed E-state index contributed by atoms with van der Waals surface area (Å²) in [5.41, 5.74) is 10.3. The first-order valence-corrected chi connectivity index (χ1v) is 6.38. The highest BCUT2D eigenvalue weighted by molar-refractivity contribution is 5.63. The molecular weight excluding hydrogens is 224 g/mol. The zero-order valence-electron chi connectivity index (χ0n) is 11.1. The largest absolute Gasteiger partial charge is 0.330 e. The Kier molecular flexibility index (Phi) is 4.10. The van der Waals surface area contributed by atoms with Crippen LogP contribution in [-0.4, -0.2) is 21.5 Å². The molecule has 1 heterocycles. The molecule has 0 saturated heterocycles. The molecule has 0 aliphatic rings. The summed E-state index contributed by atoms with van der Waals surface area (Å²) >= 11 is 0. The summed E-state index contributed by atoms with van der Waals surface area (Å²) < 4.78 is 1.97. The molecule has 2 rings (SSSR count). The zero-order chi connectivity index (χ0) is 13.0. The van der Waals surface area contributed by atoms with Crippen molar-refractivity contribution in [2.45, 2.75) is 33.2 Å². The highest BCUT2D eigenvalue weighted by Gasteiger charge is 2.08. The van der Waals surface area contributed by atoms with Crippen LogP contribution in [0, 0.1) is 13.8 Å². The van der Waals surface area contributed by atoms with Gasteiger partial charge in [0.25, 0.3) is 0 Å². The smallest absolute Gasteiger partial charge is 0.0888 e. The van der Waals surface area contributed by atoms with Gasteiger partial charge in [0.05, 0.1) is 11.9 Å². The molecule has 0 aliphatic carbocycles. The first-order valence-electron chi connectivity index (χ1n) is 6.38. The van der Waals surface area contributed by atoms with E-state index in [1.165, 1.54) is 16.7 Å². The minimum atomic E-state index is 0.730. The standard InChI is InChI=1S/C14H20N4/c1-11-5-6-13(12(2)9-11)14-10-16-17-18(14)8-4-3-7-15/h5-6,9-10H,3-4,7-8,15H2,1-2H3. The molecule has 0 fully saturated rings. The Morgan fingerprint density at radius 1 is 1.22 bits per heavy atom. The van der Waals surface area contributed by atoms with Gasteiger partial charge in [-0.25, -0.2) is 4.68 Å². The summed E-state index contributed by atoms with van der Waals surface area (Å²) in [7, 11) is 0. The van der Waals surface area contributed by atoms with Crippen molar-refractivity contribution in [1.29, 1.82) is 0 Å². The Balaban J connectivity index is 2.25.